The number of hydrogen-bond donors (Lipinski definition) is 1. The van der Waals surface area contributed by atoms with Crippen LogP contribution in [0.3, 0.4) is 0 Å². The van der Waals surface area contributed by atoms with Gasteiger partial charge in [0.1, 0.15) is 11.5 Å². The van der Waals surface area contributed by atoms with E-state index in [0.29, 0.717) is 0 Å². The molecule has 0 amide bonds. The fraction of sp³-hybridized carbons (Fsp3) is 0.714. The maximum Gasteiger partial charge on any atom is 0.118 e. The molecule has 17 heavy (non-hydrogen) atoms. The van der Waals surface area contributed by atoms with Crippen molar-refractivity contribution in [3.63, 3.8) is 0 Å². The normalized spacial score (nSPS) is 21.9. The summed E-state index contributed by atoms with van der Waals surface area (Å²) < 4.78 is 5.86. The van der Waals surface area contributed by atoms with Crippen molar-refractivity contribution in [2.24, 2.45) is 0 Å². The predicted octanol–water partition coefficient (Wildman–Crippen LogP) is 2.52. The molecule has 1 saturated carbocycles. The highest BCUT2D eigenvalue weighted by molar-refractivity contribution is 5.07. The lowest BCUT2D eigenvalue weighted by Gasteiger charge is -2.25. The van der Waals surface area contributed by atoms with Gasteiger partial charge >= 0.3 is 0 Å². The maximum atomic E-state index is 5.86. The van der Waals surface area contributed by atoms with Gasteiger partial charge in [-0.3, -0.25) is 4.90 Å². The molecule has 0 spiro atoms. The van der Waals surface area contributed by atoms with Crippen LogP contribution in [0, 0.1) is 0 Å². The number of hydrogen-bond acceptors (Lipinski definition) is 3. The molecule has 3 rings (SSSR count). The Morgan fingerprint density at radius 2 is 1.88 bits per heavy atom. The minimum absolute atomic E-state index is 0.755. The van der Waals surface area contributed by atoms with E-state index in [2.05, 4.69) is 22.3 Å². The molecular formula is C14H22N2O. The van der Waals surface area contributed by atoms with Crippen LogP contribution in [0.25, 0.3) is 0 Å². The lowest BCUT2D eigenvalue weighted by atomic mass is 10.1. The Morgan fingerprint density at radius 1 is 1.12 bits per heavy atom. The third kappa shape index (κ3) is 3.33. The van der Waals surface area contributed by atoms with Crippen molar-refractivity contribution in [1.82, 2.24) is 10.2 Å². The van der Waals surface area contributed by atoms with Gasteiger partial charge in [0, 0.05) is 6.04 Å². The van der Waals surface area contributed by atoms with E-state index in [1.807, 2.05) is 0 Å². The number of furan rings is 1. The summed E-state index contributed by atoms with van der Waals surface area (Å²) in [5.41, 5.74) is 0. The highest BCUT2D eigenvalue weighted by Crippen LogP contribution is 2.20. The second kappa shape index (κ2) is 5.23. The molecule has 1 aromatic rings. The zero-order chi connectivity index (χ0) is 11.5. The van der Waals surface area contributed by atoms with E-state index < -0.39 is 0 Å². The summed E-state index contributed by atoms with van der Waals surface area (Å²) in [6, 6.07) is 5.01. The topological polar surface area (TPSA) is 28.4 Å². The van der Waals surface area contributed by atoms with Crippen molar-refractivity contribution in [3.05, 3.63) is 23.7 Å². The largest absolute Gasteiger partial charge is 0.463 e. The van der Waals surface area contributed by atoms with Gasteiger partial charge in [-0.05, 0) is 50.9 Å². The maximum absolute atomic E-state index is 5.86. The van der Waals surface area contributed by atoms with Crippen LogP contribution in [0.5, 0.6) is 0 Å². The smallest absolute Gasteiger partial charge is 0.118 e. The Morgan fingerprint density at radius 3 is 2.65 bits per heavy atom. The first-order chi connectivity index (χ1) is 8.40. The van der Waals surface area contributed by atoms with Gasteiger partial charge in [-0.1, -0.05) is 6.42 Å². The number of nitrogens with one attached hydrogen (secondary N) is 1. The Hall–Kier alpha value is -0.800. The molecule has 1 N–H and O–H groups in total. The molecule has 0 aromatic carbocycles. The summed E-state index contributed by atoms with van der Waals surface area (Å²) in [6.07, 6.45) is 6.75. The lowest BCUT2D eigenvalue weighted by Crippen LogP contribution is -2.28. The van der Waals surface area contributed by atoms with Crippen molar-refractivity contribution in [3.8, 4) is 0 Å². The van der Waals surface area contributed by atoms with Gasteiger partial charge in [-0.25, -0.2) is 0 Å². The number of rotatable bonds is 5. The van der Waals surface area contributed by atoms with Crippen LogP contribution >= 0.6 is 0 Å². The lowest BCUT2D eigenvalue weighted by molar-refractivity contribution is 0.203. The standard InChI is InChI=1S/C14H22N2O/c1-2-8-16(9-3-1)11-14-7-6-13(17-14)10-15-12-4-5-12/h6-7,12,15H,1-5,8-11H2. The Bertz CT molecular complexity index is 351. The van der Waals surface area contributed by atoms with E-state index in [9.17, 15) is 0 Å². The SMILES string of the molecule is c1cc(CN2CCCCC2)oc1CNC1CC1. The van der Waals surface area contributed by atoms with Crippen molar-refractivity contribution >= 4 is 0 Å². The summed E-state index contributed by atoms with van der Waals surface area (Å²) in [5, 5.41) is 3.48. The molecule has 1 saturated heterocycles. The monoisotopic (exact) mass is 234 g/mol. The summed E-state index contributed by atoms with van der Waals surface area (Å²) in [6.45, 7) is 4.35. The van der Waals surface area contributed by atoms with Gasteiger partial charge in [-0.15, -0.1) is 0 Å². The number of likely N-dealkylation sites (tertiary alicyclic amines) is 1. The molecule has 3 heteroatoms. The first kappa shape index (κ1) is 11.3. The van der Waals surface area contributed by atoms with Crippen LogP contribution in [0.1, 0.15) is 43.6 Å². The van der Waals surface area contributed by atoms with Gasteiger partial charge in [0.15, 0.2) is 0 Å². The van der Waals surface area contributed by atoms with Gasteiger partial charge < -0.3 is 9.73 Å². The van der Waals surface area contributed by atoms with E-state index >= 15 is 0 Å². The Labute approximate surface area is 103 Å². The minimum atomic E-state index is 0.755. The molecule has 2 heterocycles. The average molecular weight is 234 g/mol. The van der Waals surface area contributed by atoms with Gasteiger partial charge in [0.2, 0.25) is 0 Å². The van der Waals surface area contributed by atoms with Gasteiger partial charge in [-0.2, -0.15) is 0 Å². The van der Waals surface area contributed by atoms with Crippen LogP contribution in [0.2, 0.25) is 0 Å². The molecule has 0 atom stereocenters. The average Bonchev–Trinajstić information content (AvgIpc) is 3.09. The van der Waals surface area contributed by atoms with E-state index in [1.54, 1.807) is 0 Å². The fourth-order valence-corrected chi connectivity index (χ4v) is 2.47. The first-order valence-corrected chi connectivity index (χ1v) is 6.93. The van der Waals surface area contributed by atoms with Crippen molar-refractivity contribution in [1.29, 1.82) is 0 Å². The van der Waals surface area contributed by atoms with Crippen LogP contribution < -0.4 is 5.32 Å². The third-order valence-electron chi connectivity index (χ3n) is 3.69. The molecular weight excluding hydrogens is 212 g/mol. The summed E-state index contributed by atoms with van der Waals surface area (Å²) in [7, 11) is 0. The van der Waals surface area contributed by atoms with Crippen LogP contribution in [-0.4, -0.2) is 24.0 Å². The summed E-state index contributed by atoms with van der Waals surface area (Å²) in [4.78, 5) is 2.50. The molecule has 2 aliphatic rings. The number of piperidine rings is 1. The Kier molecular flexibility index (Phi) is 3.48. The highest BCUT2D eigenvalue weighted by atomic mass is 16.3. The van der Waals surface area contributed by atoms with Gasteiger partial charge in [0.05, 0.1) is 13.1 Å². The van der Waals surface area contributed by atoms with E-state index in [0.717, 1.165) is 30.7 Å². The molecule has 3 nitrogen and oxygen atoms in total. The molecule has 2 fully saturated rings. The molecule has 0 bridgehead atoms. The van der Waals surface area contributed by atoms with E-state index in [-0.39, 0.29) is 0 Å². The highest BCUT2D eigenvalue weighted by Gasteiger charge is 2.20. The quantitative estimate of drug-likeness (QED) is 0.848. The van der Waals surface area contributed by atoms with Crippen molar-refractivity contribution < 1.29 is 4.42 Å². The molecule has 94 valence electrons. The van der Waals surface area contributed by atoms with E-state index in [1.165, 1.54) is 45.2 Å². The Balaban J connectivity index is 1.48. The third-order valence-corrected chi connectivity index (χ3v) is 3.69. The first-order valence-electron chi connectivity index (χ1n) is 6.93. The van der Waals surface area contributed by atoms with Crippen LogP contribution in [0.4, 0.5) is 0 Å². The second-order valence-corrected chi connectivity index (χ2v) is 5.36. The predicted molar refractivity (Wildman–Crippen MR) is 67.7 cm³/mol. The van der Waals surface area contributed by atoms with Crippen molar-refractivity contribution in [2.45, 2.75) is 51.2 Å². The van der Waals surface area contributed by atoms with E-state index in [4.69, 9.17) is 4.42 Å². The fourth-order valence-electron chi connectivity index (χ4n) is 2.47. The molecule has 1 aliphatic heterocycles. The van der Waals surface area contributed by atoms with Gasteiger partial charge in [0.25, 0.3) is 0 Å². The second-order valence-electron chi connectivity index (χ2n) is 5.36. The molecule has 0 unspecified atom stereocenters. The summed E-state index contributed by atoms with van der Waals surface area (Å²) >= 11 is 0. The molecule has 1 aliphatic carbocycles. The molecule has 0 radical (unpaired) electrons. The minimum Gasteiger partial charge on any atom is -0.463 e. The zero-order valence-electron chi connectivity index (χ0n) is 10.5. The zero-order valence-corrected chi connectivity index (χ0v) is 10.5. The van der Waals surface area contributed by atoms with Crippen LogP contribution in [-0.2, 0) is 13.1 Å². The van der Waals surface area contributed by atoms with Crippen LogP contribution in [0.15, 0.2) is 16.5 Å². The molecule has 1 aromatic heterocycles. The number of nitrogens with zero attached hydrogens (tertiary/aromatic N) is 1. The van der Waals surface area contributed by atoms with Crippen molar-refractivity contribution in [2.75, 3.05) is 13.1 Å². The summed E-state index contributed by atoms with van der Waals surface area (Å²) in [5.74, 6) is 2.21.